The number of fused-ring (bicyclic) bond motifs is 1. The highest BCUT2D eigenvalue weighted by Crippen LogP contribution is 2.32. The maximum atomic E-state index is 9.92. The van der Waals surface area contributed by atoms with Crippen LogP contribution >= 0.6 is 0 Å². The van der Waals surface area contributed by atoms with Gasteiger partial charge in [0.2, 0.25) is 0 Å². The van der Waals surface area contributed by atoms with Crippen molar-refractivity contribution in [2.75, 3.05) is 6.61 Å². The molecule has 0 aliphatic heterocycles. The summed E-state index contributed by atoms with van der Waals surface area (Å²) in [7, 11) is 0. The summed E-state index contributed by atoms with van der Waals surface area (Å²) < 4.78 is 5.56. The van der Waals surface area contributed by atoms with Crippen LogP contribution in [0.15, 0.2) is 12.3 Å². The SMILES string of the molecule is CCOc1ccnc2c1CCCCC2O. The molecule has 0 spiro atoms. The molecule has 15 heavy (non-hydrogen) atoms. The highest BCUT2D eigenvalue weighted by Gasteiger charge is 2.20. The molecule has 3 nitrogen and oxygen atoms in total. The zero-order chi connectivity index (χ0) is 10.7. The van der Waals surface area contributed by atoms with Crippen molar-refractivity contribution < 1.29 is 9.84 Å². The van der Waals surface area contributed by atoms with Gasteiger partial charge < -0.3 is 9.84 Å². The van der Waals surface area contributed by atoms with Gasteiger partial charge >= 0.3 is 0 Å². The van der Waals surface area contributed by atoms with E-state index in [0.717, 1.165) is 42.7 Å². The fraction of sp³-hybridized carbons (Fsp3) is 0.583. The molecule has 3 heteroatoms. The Kier molecular flexibility index (Phi) is 3.21. The van der Waals surface area contributed by atoms with E-state index >= 15 is 0 Å². The second-order valence-electron chi connectivity index (χ2n) is 3.87. The summed E-state index contributed by atoms with van der Waals surface area (Å²) in [5.41, 5.74) is 1.92. The number of aliphatic hydroxyl groups is 1. The van der Waals surface area contributed by atoms with Crippen LogP contribution in [0.1, 0.15) is 43.5 Å². The molecule has 1 N–H and O–H groups in total. The molecule has 0 saturated carbocycles. The number of nitrogens with zero attached hydrogens (tertiary/aromatic N) is 1. The van der Waals surface area contributed by atoms with E-state index in [1.165, 1.54) is 0 Å². The molecule has 0 aromatic carbocycles. The van der Waals surface area contributed by atoms with Gasteiger partial charge in [-0.2, -0.15) is 0 Å². The van der Waals surface area contributed by atoms with E-state index in [1.807, 2.05) is 13.0 Å². The van der Waals surface area contributed by atoms with E-state index in [2.05, 4.69) is 4.98 Å². The summed E-state index contributed by atoms with van der Waals surface area (Å²) in [6, 6.07) is 1.89. The third-order valence-electron chi connectivity index (χ3n) is 2.82. The first-order valence-electron chi connectivity index (χ1n) is 5.61. The summed E-state index contributed by atoms with van der Waals surface area (Å²) in [4.78, 5) is 4.27. The standard InChI is InChI=1S/C12H17NO2/c1-2-15-11-7-8-13-12-9(11)5-3-4-6-10(12)14/h7-8,10,14H,2-6H2,1H3. The van der Waals surface area contributed by atoms with Crippen LogP contribution in [0.25, 0.3) is 0 Å². The van der Waals surface area contributed by atoms with Crippen LogP contribution in [0.4, 0.5) is 0 Å². The van der Waals surface area contributed by atoms with Crippen molar-refractivity contribution in [3.63, 3.8) is 0 Å². The predicted octanol–water partition coefficient (Wildman–Crippen LogP) is 2.24. The highest BCUT2D eigenvalue weighted by atomic mass is 16.5. The number of aliphatic hydroxyl groups excluding tert-OH is 1. The molecule has 1 aromatic heterocycles. The third-order valence-corrected chi connectivity index (χ3v) is 2.82. The van der Waals surface area contributed by atoms with E-state index < -0.39 is 6.10 Å². The quantitative estimate of drug-likeness (QED) is 0.756. The van der Waals surface area contributed by atoms with Crippen LogP contribution in [0, 0.1) is 0 Å². The number of rotatable bonds is 2. The van der Waals surface area contributed by atoms with Gasteiger partial charge in [-0.15, -0.1) is 0 Å². The molecule has 1 atom stereocenters. The van der Waals surface area contributed by atoms with Gasteiger partial charge in [-0.3, -0.25) is 4.98 Å². The molecule has 1 unspecified atom stereocenters. The average Bonchev–Trinajstić information content (AvgIpc) is 2.43. The van der Waals surface area contributed by atoms with Crippen LogP contribution in [-0.2, 0) is 6.42 Å². The largest absolute Gasteiger partial charge is 0.493 e. The molecule has 0 amide bonds. The fourth-order valence-corrected chi connectivity index (χ4v) is 2.10. The van der Waals surface area contributed by atoms with Gasteiger partial charge in [-0.1, -0.05) is 6.42 Å². The summed E-state index contributed by atoms with van der Waals surface area (Å²) in [5, 5.41) is 9.92. The molecule has 1 heterocycles. The topological polar surface area (TPSA) is 42.4 Å². The van der Waals surface area contributed by atoms with Gasteiger partial charge in [-0.05, 0) is 32.3 Å². The first-order valence-corrected chi connectivity index (χ1v) is 5.61. The minimum atomic E-state index is -0.414. The van der Waals surface area contributed by atoms with Gasteiger partial charge in [0.25, 0.3) is 0 Å². The molecule has 0 bridgehead atoms. The Morgan fingerprint density at radius 3 is 3.20 bits per heavy atom. The molecule has 1 aliphatic rings. The van der Waals surface area contributed by atoms with Crippen LogP contribution < -0.4 is 4.74 Å². The lowest BCUT2D eigenvalue weighted by molar-refractivity contribution is 0.161. The van der Waals surface area contributed by atoms with Gasteiger partial charge in [0.1, 0.15) is 5.75 Å². The number of pyridine rings is 1. The molecule has 1 aromatic rings. The third kappa shape index (κ3) is 2.12. The highest BCUT2D eigenvalue weighted by molar-refractivity contribution is 5.37. The first kappa shape index (κ1) is 10.4. The maximum Gasteiger partial charge on any atom is 0.125 e. The Morgan fingerprint density at radius 2 is 2.40 bits per heavy atom. The van der Waals surface area contributed by atoms with Crippen LogP contribution in [-0.4, -0.2) is 16.7 Å². The Morgan fingerprint density at radius 1 is 1.53 bits per heavy atom. The van der Waals surface area contributed by atoms with Crippen molar-refractivity contribution >= 4 is 0 Å². The minimum absolute atomic E-state index is 0.414. The monoisotopic (exact) mass is 207 g/mol. The Hall–Kier alpha value is -1.09. The summed E-state index contributed by atoms with van der Waals surface area (Å²) in [6.07, 6.45) is 5.26. The molecular weight excluding hydrogens is 190 g/mol. The summed E-state index contributed by atoms with van der Waals surface area (Å²) >= 11 is 0. The second-order valence-corrected chi connectivity index (χ2v) is 3.87. The van der Waals surface area contributed by atoms with Crippen molar-refractivity contribution in [1.29, 1.82) is 0 Å². The number of aromatic nitrogens is 1. The molecule has 0 radical (unpaired) electrons. The Balaban J connectivity index is 2.39. The molecule has 1 aliphatic carbocycles. The summed E-state index contributed by atoms with van der Waals surface area (Å²) in [6.45, 7) is 2.63. The molecule has 82 valence electrons. The van der Waals surface area contributed by atoms with Gasteiger partial charge in [0.15, 0.2) is 0 Å². The lowest BCUT2D eigenvalue weighted by Gasteiger charge is -2.14. The lowest BCUT2D eigenvalue weighted by atomic mass is 10.1. The maximum absolute atomic E-state index is 9.92. The van der Waals surface area contributed by atoms with Crippen LogP contribution in [0.2, 0.25) is 0 Å². The Labute approximate surface area is 90.1 Å². The van der Waals surface area contributed by atoms with Gasteiger partial charge in [-0.25, -0.2) is 0 Å². The summed E-state index contributed by atoms with van der Waals surface area (Å²) in [5.74, 6) is 0.892. The fourth-order valence-electron chi connectivity index (χ4n) is 2.10. The lowest BCUT2D eigenvalue weighted by Crippen LogP contribution is -2.05. The molecule has 0 fully saturated rings. The van der Waals surface area contributed by atoms with E-state index in [-0.39, 0.29) is 0 Å². The zero-order valence-corrected chi connectivity index (χ0v) is 9.07. The van der Waals surface area contributed by atoms with Crippen molar-refractivity contribution in [3.8, 4) is 5.75 Å². The van der Waals surface area contributed by atoms with E-state index in [4.69, 9.17) is 4.74 Å². The average molecular weight is 207 g/mol. The van der Waals surface area contributed by atoms with E-state index in [9.17, 15) is 5.11 Å². The number of ether oxygens (including phenoxy) is 1. The smallest absolute Gasteiger partial charge is 0.125 e. The molecule has 0 saturated heterocycles. The van der Waals surface area contributed by atoms with Crippen LogP contribution in [0.5, 0.6) is 5.75 Å². The number of hydrogen-bond acceptors (Lipinski definition) is 3. The van der Waals surface area contributed by atoms with Crippen molar-refractivity contribution in [2.45, 2.75) is 38.7 Å². The number of hydrogen-bond donors (Lipinski definition) is 1. The molecular formula is C12H17NO2. The van der Waals surface area contributed by atoms with Gasteiger partial charge in [0, 0.05) is 11.8 Å². The van der Waals surface area contributed by atoms with E-state index in [0.29, 0.717) is 6.61 Å². The first-order chi connectivity index (χ1) is 7.33. The second kappa shape index (κ2) is 4.62. The zero-order valence-electron chi connectivity index (χ0n) is 9.07. The van der Waals surface area contributed by atoms with Crippen molar-refractivity contribution in [2.24, 2.45) is 0 Å². The van der Waals surface area contributed by atoms with Crippen LogP contribution in [0.3, 0.4) is 0 Å². The Bertz CT molecular complexity index is 338. The predicted molar refractivity (Wildman–Crippen MR) is 57.9 cm³/mol. The minimum Gasteiger partial charge on any atom is -0.493 e. The normalized spacial score (nSPS) is 20.5. The van der Waals surface area contributed by atoms with Crippen molar-refractivity contribution in [3.05, 3.63) is 23.5 Å². The van der Waals surface area contributed by atoms with Crippen molar-refractivity contribution in [1.82, 2.24) is 4.98 Å². The van der Waals surface area contributed by atoms with E-state index in [1.54, 1.807) is 6.20 Å². The molecule has 2 rings (SSSR count). The van der Waals surface area contributed by atoms with Gasteiger partial charge in [0.05, 0.1) is 18.4 Å².